The predicted molar refractivity (Wildman–Crippen MR) is 74.2 cm³/mol. The minimum Gasteiger partial charge on any atom is -0.341 e. The topological polar surface area (TPSA) is 40.6 Å². The third kappa shape index (κ3) is 3.28. The van der Waals surface area contributed by atoms with E-state index in [1.165, 1.54) is 25.1 Å². The summed E-state index contributed by atoms with van der Waals surface area (Å²) in [7, 11) is 0. The Balaban J connectivity index is 2.09. The second-order valence-electron chi connectivity index (χ2n) is 4.78. The van der Waals surface area contributed by atoms with Gasteiger partial charge in [0, 0.05) is 38.7 Å². The molecule has 1 aromatic rings. The monoisotopic (exact) mass is 298 g/mol. The van der Waals surface area contributed by atoms with Crippen molar-refractivity contribution in [2.24, 2.45) is 0 Å². The number of carbonyl (C=O) groups is 2. The highest BCUT2D eigenvalue weighted by Gasteiger charge is 2.21. The molecule has 1 aliphatic heterocycles. The summed E-state index contributed by atoms with van der Waals surface area (Å²) in [6.07, 6.45) is 0.736. The summed E-state index contributed by atoms with van der Waals surface area (Å²) in [6.45, 7) is 3.77. The molecule has 6 heteroatoms. The SMILES string of the molecule is CC(=O)N1CCCN(C(=O)c2ccc(F)c(Cl)c2)CC1. The van der Waals surface area contributed by atoms with Crippen molar-refractivity contribution in [2.75, 3.05) is 26.2 Å². The molecule has 0 N–H and O–H groups in total. The van der Waals surface area contributed by atoms with Gasteiger partial charge in [0.1, 0.15) is 5.82 Å². The molecule has 1 fully saturated rings. The smallest absolute Gasteiger partial charge is 0.253 e. The van der Waals surface area contributed by atoms with Crippen LogP contribution in [0.4, 0.5) is 4.39 Å². The number of benzene rings is 1. The van der Waals surface area contributed by atoms with Crippen molar-refractivity contribution in [1.29, 1.82) is 0 Å². The van der Waals surface area contributed by atoms with E-state index in [0.29, 0.717) is 31.7 Å². The van der Waals surface area contributed by atoms with Crippen molar-refractivity contribution >= 4 is 23.4 Å². The highest BCUT2D eigenvalue weighted by molar-refractivity contribution is 6.31. The number of hydrogen-bond donors (Lipinski definition) is 0. The maximum absolute atomic E-state index is 13.1. The van der Waals surface area contributed by atoms with E-state index in [4.69, 9.17) is 11.6 Å². The molecule has 2 amide bonds. The highest BCUT2D eigenvalue weighted by atomic mass is 35.5. The molecule has 1 aliphatic rings. The number of nitrogens with zero attached hydrogens (tertiary/aromatic N) is 2. The Kier molecular flexibility index (Phi) is 4.60. The Morgan fingerprint density at radius 3 is 2.45 bits per heavy atom. The molecule has 108 valence electrons. The van der Waals surface area contributed by atoms with Crippen LogP contribution in [-0.2, 0) is 4.79 Å². The minimum absolute atomic E-state index is 0.0177. The van der Waals surface area contributed by atoms with Crippen LogP contribution in [0.15, 0.2) is 18.2 Å². The van der Waals surface area contributed by atoms with Crippen LogP contribution >= 0.6 is 11.6 Å². The lowest BCUT2D eigenvalue weighted by Gasteiger charge is -2.21. The molecule has 0 saturated carbocycles. The molecule has 20 heavy (non-hydrogen) atoms. The van der Waals surface area contributed by atoms with E-state index in [2.05, 4.69) is 0 Å². The fourth-order valence-corrected chi connectivity index (χ4v) is 2.43. The van der Waals surface area contributed by atoms with Crippen molar-refractivity contribution in [1.82, 2.24) is 9.80 Å². The second-order valence-corrected chi connectivity index (χ2v) is 5.19. The molecule has 4 nitrogen and oxygen atoms in total. The van der Waals surface area contributed by atoms with Crippen LogP contribution in [-0.4, -0.2) is 47.8 Å². The number of halogens is 2. The van der Waals surface area contributed by atoms with Crippen LogP contribution in [0.3, 0.4) is 0 Å². The first-order chi connectivity index (χ1) is 9.49. The van der Waals surface area contributed by atoms with Crippen LogP contribution in [0.2, 0.25) is 5.02 Å². The summed E-state index contributed by atoms with van der Waals surface area (Å²) in [5.74, 6) is -0.705. The zero-order chi connectivity index (χ0) is 14.7. The fourth-order valence-electron chi connectivity index (χ4n) is 2.25. The molecule has 0 aromatic heterocycles. The van der Waals surface area contributed by atoms with Gasteiger partial charge in [-0.25, -0.2) is 4.39 Å². The maximum Gasteiger partial charge on any atom is 0.253 e. The summed E-state index contributed by atoms with van der Waals surface area (Å²) in [6, 6.07) is 3.96. The third-order valence-corrected chi connectivity index (χ3v) is 3.68. The van der Waals surface area contributed by atoms with Gasteiger partial charge in [-0.2, -0.15) is 0 Å². The largest absolute Gasteiger partial charge is 0.341 e. The lowest BCUT2D eigenvalue weighted by Crippen LogP contribution is -2.36. The standard InChI is InChI=1S/C14H16ClFN2O2/c1-10(19)17-5-2-6-18(8-7-17)14(20)11-3-4-13(16)12(15)9-11/h3-4,9H,2,5-8H2,1H3. The van der Waals surface area contributed by atoms with E-state index in [9.17, 15) is 14.0 Å². The molecule has 2 rings (SSSR count). The molecule has 1 heterocycles. The zero-order valence-corrected chi connectivity index (χ0v) is 12.0. The molecule has 0 atom stereocenters. The van der Waals surface area contributed by atoms with Gasteiger partial charge in [-0.15, -0.1) is 0 Å². The Morgan fingerprint density at radius 1 is 1.15 bits per heavy atom. The van der Waals surface area contributed by atoms with Crippen molar-refractivity contribution in [3.63, 3.8) is 0 Å². The van der Waals surface area contributed by atoms with Crippen LogP contribution < -0.4 is 0 Å². The van der Waals surface area contributed by atoms with Gasteiger partial charge in [0.2, 0.25) is 5.91 Å². The average molecular weight is 299 g/mol. The molecular weight excluding hydrogens is 283 g/mol. The minimum atomic E-state index is -0.540. The number of rotatable bonds is 1. The average Bonchev–Trinajstić information content (AvgIpc) is 2.67. The Labute approximate surface area is 122 Å². The summed E-state index contributed by atoms with van der Waals surface area (Å²) in [4.78, 5) is 27.1. The van der Waals surface area contributed by atoms with Gasteiger partial charge >= 0.3 is 0 Å². The maximum atomic E-state index is 13.1. The molecule has 1 saturated heterocycles. The molecule has 0 bridgehead atoms. The molecular formula is C14H16ClFN2O2. The first kappa shape index (κ1) is 14.8. The first-order valence-electron chi connectivity index (χ1n) is 6.49. The summed E-state index contributed by atoms with van der Waals surface area (Å²) in [5.41, 5.74) is 0.368. The van der Waals surface area contributed by atoms with E-state index in [1.807, 2.05) is 0 Å². The molecule has 1 aromatic carbocycles. The Hall–Kier alpha value is -1.62. The Morgan fingerprint density at radius 2 is 1.80 bits per heavy atom. The summed E-state index contributed by atoms with van der Waals surface area (Å²) >= 11 is 5.70. The van der Waals surface area contributed by atoms with E-state index in [0.717, 1.165) is 6.42 Å². The Bertz CT molecular complexity index is 536. The van der Waals surface area contributed by atoms with Crippen LogP contribution in [0.5, 0.6) is 0 Å². The second kappa shape index (κ2) is 6.22. The summed E-state index contributed by atoms with van der Waals surface area (Å²) < 4.78 is 13.1. The summed E-state index contributed by atoms with van der Waals surface area (Å²) in [5, 5.41) is -0.0592. The van der Waals surface area contributed by atoms with Gasteiger partial charge < -0.3 is 9.80 Å². The third-order valence-electron chi connectivity index (χ3n) is 3.39. The van der Waals surface area contributed by atoms with Crippen molar-refractivity contribution < 1.29 is 14.0 Å². The van der Waals surface area contributed by atoms with Gasteiger partial charge in [0.15, 0.2) is 0 Å². The van der Waals surface area contributed by atoms with Crippen LogP contribution in [0.1, 0.15) is 23.7 Å². The lowest BCUT2D eigenvalue weighted by molar-refractivity contribution is -0.128. The molecule has 0 aliphatic carbocycles. The zero-order valence-electron chi connectivity index (χ0n) is 11.2. The quantitative estimate of drug-likeness (QED) is 0.797. The molecule has 0 unspecified atom stereocenters. The fraction of sp³-hybridized carbons (Fsp3) is 0.429. The van der Waals surface area contributed by atoms with Gasteiger partial charge in [-0.05, 0) is 24.6 Å². The van der Waals surface area contributed by atoms with E-state index in [-0.39, 0.29) is 16.8 Å². The van der Waals surface area contributed by atoms with Gasteiger partial charge in [0.05, 0.1) is 5.02 Å². The molecule has 0 spiro atoms. The van der Waals surface area contributed by atoms with Crippen molar-refractivity contribution in [3.8, 4) is 0 Å². The van der Waals surface area contributed by atoms with E-state index < -0.39 is 5.82 Å². The van der Waals surface area contributed by atoms with Crippen LogP contribution in [0, 0.1) is 5.82 Å². The van der Waals surface area contributed by atoms with Crippen molar-refractivity contribution in [3.05, 3.63) is 34.6 Å². The van der Waals surface area contributed by atoms with E-state index in [1.54, 1.807) is 9.80 Å². The molecule has 0 radical (unpaired) electrons. The lowest BCUT2D eigenvalue weighted by atomic mass is 10.2. The van der Waals surface area contributed by atoms with Gasteiger partial charge in [-0.1, -0.05) is 11.6 Å². The van der Waals surface area contributed by atoms with E-state index >= 15 is 0 Å². The van der Waals surface area contributed by atoms with Crippen molar-refractivity contribution in [2.45, 2.75) is 13.3 Å². The number of hydrogen-bond acceptors (Lipinski definition) is 2. The van der Waals surface area contributed by atoms with Gasteiger partial charge in [-0.3, -0.25) is 9.59 Å². The number of carbonyl (C=O) groups excluding carboxylic acids is 2. The highest BCUT2D eigenvalue weighted by Crippen LogP contribution is 2.18. The predicted octanol–water partition coefficient (Wildman–Crippen LogP) is 2.17. The van der Waals surface area contributed by atoms with Crippen LogP contribution in [0.25, 0.3) is 0 Å². The normalized spacial score (nSPS) is 15.9. The first-order valence-corrected chi connectivity index (χ1v) is 6.86. The number of amides is 2. The van der Waals surface area contributed by atoms with Gasteiger partial charge in [0.25, 0.3) is 5.91 Å².